The van der Waals surface area contributed by atoms with E-state index in [1.807, 2.05) is 36.2 Å². The molecule has 1 atom stereocenters. The number of hydrogen-bond donors (Lipinski definition) is 1. The van der Waals surface area contributed by atoms with Crippen LogP contribution >= 0.6 is 0 Å². The van der Waals surface area contributed by atoms with Crippen LogP contribution in [0, 0.1) is 0 Å². The summed E-state index contributed by atoms with van der Waals surface area (Å²) < 4.78 is 11.0. The summed E-state index contributed by atoms with van der Waals surface area (Å²) in [6.07, 6.45) is 3.22. The summed E-state index contributed by atoms with van der Waals surface area (Å²) in [7, 11) is 3.54. The average Bonchev–Trinajstić information content (AvgIpc) is 2.78. The molecule has 0 radical (unpaired) electrons. The minimum Gasteiger partial charge on any atom is -0.497 e. The van der Waals surface area contributed by atoms with E-state index in [0.717, 1.165) is 30.2 Å². The molecule has 1 unspecified atom stereocenters. The van der Waals surface area contributed by atoms with Gasteiger partial charge in [-0.15, -0.1) is 0 Å². The highest BCUT2D eigenvalue weighted by Gasteiger charge is 2.15. The van der Waals surface area contributed by atoms with Gasteiger partial charge in [0.25, 0.3) is 0 Å². The van der Waals surface area contributed by atoms with Gasteiger partial charge in [-0.1, -0.05) is 18.6 Å². The van der Waals surface area contributed by atoms with E-state index in [1.54, 1.807) is 31.4 Å². The number of rotatable bonds is 11. The molecule has 1 aliphatic heterocycles. The van der Waals surface area contributed by atoms with Gasteiger partial charge in [0.05, 0.1) is 13.7 Å². The molecule has 1 fully saturated rings. The Hall–Kier alpha value is -2.41. The maximum absolute atomic E-state index is 12.5. The topological polar surface area (TPSA) is 62.2 Å². The van der Waals surface area contributed by atoms with Crippen molar-refractivity contribution in [1.82, 2.24) is 9.80 Å². The molecule has 0 aromatic heterocycles. The maximum Gasteiger partial charge on any atom is 0.176 e. The van der Waals surface area contributed by atoms with E-state index in [2.05, 4.69) is 4.90 Å². The molecule has 6 nitrogen and oxygen atoms in total. The Bertz CT molecular complexity index is 819. The van der Waals surface area contributed by atoms with Crippen LogP contribution in [0.4, 0.5) is 0 Å². The number of carbonyl (C=O) groups is 1. The van der Waals surface area contributed by atoms with Crippen LogP contribution < -0.4 is 9.47 Å². The van der Waals surface area contributed by atoms with E-state index >= 15 is 0 Å². The van der Waals surface area contributed by atoms with Crippen LogP contribution in [0.3, 0.4) is 0 Å². The van der Waals surface area contributed by atoms with Gasteiger partial charge in [0.15, 0.2) is 5.78 Å². The van der Waals surface area contributed by atoms with Crippen molar-refractivity contribution in [2.75, 3.05) is 46.9 Å². The lowest BCUT2D eigenvalue weighted by atomic mass is 10.1. The first-order chi connectivity index (χ1) is 15.0. The third-order valence-electron chi connectivity index (χ3n) is 5.54. The number of likely N-dealkylation sites (N-methyl/N-ethyl adjacent to an activating group) is 1. The van der Waals surface area contributed by atoms with Gasteiger partial charge in [0, 0.05) is 18.7 Å². The molecular formula is C25H34N2O4. The molecule has 1 heterocycles. The van der Waals surface area contributed by atoms with Crippen molar-refractivity contribution in [2.45, 2.75) is 31.9 Å². The van der Waals surface area contributed by atoms with Gasteiger partial charge in [-0.05, 0) is 74.9 Å². The first kappa shape index (κ1) is 23.3. The van der Waals surface area contributed by atoms with Crippen molar-refractivity contribution in [3.63, 3.8) is 0 Å². The minimum atomic E-state index is -0.494. The van der Waals surface area contributed by atoms with Crippen LogP contribution in [-0.4, -0.2) is 73.7 Å². The second-order valence-electron chi connectivity index (χ2n) is 8.30. The van der Waals surface area contributed by atoms with Crippen molar-refractivity contribution in [3.05, 3.63) is 59.7 Å². The number of benzene rings is 2. The van der Waals surface area contributed by atoms with Crippen molar-refractivity contribution < 1.29 is 19.4 Å². The molecule has 0 bridgehead atoms. The highest BCUT2D eigenvalue weighted by atomic mass is 16.5. The molecule has 3 rings (SSSR count). The third kappa shape index (κ3) is 7.65. The van der Waals surface area contributed by atoms with Crippen molar-refractivity contribution in [2.24, 2.45) is 0 Å². The Labute approximate surface area is 185 Å². The summed E-state index contributed by atoms with van der Waals surface area (Å²) in [5.74, 6) is 1.55. The van der Waals surface area contributed by atoms with Gasteiger partial charge in [0.2, 0.25) is 0 Å². The van der Waals surface area contributed by atoms with Crippen LogP contribution in [0.5, 0.6) is 11.5 Å². The Kier molecular flexibility index (Phi) is 8.88. The number of methoxy groups -OCH3 is 1. The Morgan fingerprint density at radius 3 is 2.55 bits per heavy atom. The standard InChI is InChI=1S/C25H34N2O4/c1-26(18-25(29)21-9-11-23(30-2)12-10-21)16-20-7-6-8-24(15-20)31-19-22(28)17-27-13-4-3-5-14-27/h6-12,15,22,28H,3-5,13-14,16-19H2,1-2H3. The first-order valence-corrected chi connectivity index (χ1v) is 11.0. The van der Waals surface area contributed by atoms with Crippen molar-refractivity contribution >= 4 is 5.78 Å². The van der Waals surface area contributed by atoms with E-state index in [1.165, 1.54) is 19.3 Å². The predicted molar refractivity (Wildman–Crippen MR) is 122 cm³/mol. The molecular weight excluding hydrogens is 392 g/mol. The molecule has 1 N–H and O–H groups in total. The van der Waals surface area contributed by atoms with Crippen molar-refractivity contribution in [3.8, 4) is 11.5 Å². The number of ether oxygens (including phenoxy) is 2. The van der Waals surface area contributed by atoms with Gasteiger partial charge in [-0.25, -0.2) is 0 Å². The van der Waals surface area contributed by atoms with Gasteiger partial charge in [-0.2, -0.15) is 0 Å². The summed E-state index contributed by atoms with van der Waals surface area (Å²) in [6.45, 7) is 4.03. The first-order valence-electron chi connectivity index (χ1n) is 11.0. The molecule has 6 heteroatoms. The SMILES string of the molecule is COc1ccc(C(=O)CN(C)Cc2cccc(OCC(O)CN3CCCCC3)c2)cc1. The quantitative estimate of drug-likeness (QED) is 0.557. The molecule has 0 saturated carbocycles. The van der Waals surface area contributed by atoms with Crippen LogP contribution in [0.2, 0.25) is 0 Å². The Morgan fingerprint density at radius 1 is 1.10 bits per heavy atom. The van der Waals surface area contributed by atoms with Crippen molar-refractivity contribution in [1.29, 1.82) is 0 Å². The summed E-state index contributed by atoms with van der Waals surface area (Å²) in [5, 5.41) is 10.3. The highest BCUT2D eigenvalue weighted by Crippen LogP contribution is 2.17. The molecule has 168 valence electrons. The number of hydrogen-bond acceptors (Lipinski definition) is 6. The zero-order valence-corrected chi connectivity index (χ0v) is 18.6. The van der Waals surface area contributed by atoms with Crippen LogP contribution in [0.15, 0.2) is 48.5 Å². The fourth-order valence-electron chi connectivity index (χ4n) is 3.90. The molecule has 2 aromatic rings. The van der Waals surface area contributed by atoms with Gasteiger partial charge < -0.3 is 19.5 Å². The number of carbonyl (C=O) groups excluding carboxylic acids is 1. The molecule has 1 aliphatic rings. The average molecular weight is 427 g/mol. The van der Waals surface area contributed by atoms with Gasteiger partial charge in [-0.3, -0.25) is 9.69 Å². The zero-order valence-electron chi connectivity index (χ0n) is 18.6. The second-order valence-corrected chi connectivity index (χ2v) is 8.30. The monoisotopic (exact) mass is 426 g/mol. The van der Waals surface area contributed by atoms with Gasteiger partial charge >= 0.3 is 0 Å². The third-order valence-corrected chi connectivity index (χ3v) is 5.54. The number of ketones is 1. The summed E-state index contributed by atoms with van der Waals surface area (Å²) >= 11 is 0. The maximum atomic E-state index is 12.5. The summed E-state index contributed by atoms with van der Waals surface area (Å²) in [4.78, 5) is 16.8. The van der Waals surface area contributed by atoms with E-state index in [-0.39, 0.29) is 12.4 Å². The summed E-state index contributed by atoms with van der Waals surface area (Å²) in [6, 6.07) is 15.0. The minimum absolute atomic E-state index is 0.0680. The number of Topliss-reactive ketones (excluding diaryl/α,β-unsaturated/α-hetero) is 1. The predicted octanol–water partition coefficient (Wildman–Crippen LogP) is 3.24. The van der Waals surface area contributed by atoms with E-state index in [9.17, 15) is 9.90 Å². The molecule has 0 amide bonds. The fraction of sp³-hybridized carbons (Fsp3) is 0.480. The number of aliphatic hydroxyl groups excluding tert-OH is 1. The zero-order chi connectivity index (χ0) is 22.1. The van der Waals surface area contributed by atoms with E-state index in [4.69, 9.17) is 9.47 Å². The van der Waals surface area contributed by atoms with Crippen LogP contribution in [-0.2, 0) is 6.54 Å². The smallest absolute Gasteiger partial charge is 0.176 e. The Balaban J connectivity index is 1.45. The van der Waals surface area contributed by atoms with Gasteiger partial charge in [0.1, 0.15) is 24.2 Å². The molecule has 1 saturated heterocycles. The lowest BCUT2D eigenvalue weighted by molar-refractivity contribution is 0.0617. The van der Waals surface area contributed by atoms with E-state index < -0.39 is 6.10 Å². The lowest BCUT2D eigenvalue weighted by Crippen LogP contribution is -2.38. The largest absolute Gasteiger partial charge is 0.497 e. The molecule has 31 heavy (non-hydrogen) atoms. The molecule has 0 spiro atoms. The fourth-order valence-corrected chi connectivity index (χ4v) is 3.90. The Morgan fingerprint density at radius 2 is 1.84 bits per heavy atom. The molecule has 0 aliphatic carbocycles. The van der Waals surface area contributed by atoms with E-state index in [0.29, 0.717) is 25.2 Å². The normalized spacial score (nSPS) is 15.6. The second kappa shape index (κ2) is 11.8. The number of nitrogens with zero attached hydrogens (tertiary/aromatic N) is 2. The highest BCUT2D eigenvalue weighted by molar-refractivity contribution is 5.97. The summed E-state index contributed by atoms with van der Waals surface area (Å²) in [5.41, 5.74) is 1.74. The number of piperidine rings is 1. The van der Waals surface area contributed by atoms with Crippen LogP contribution in [0.1, 0.15) is 35.2 Å². The molecule has 2 aromatic carbocycles. The number of β-amino-alcohol motifs (C(OH)–C–C–N with tert-alkyl or cyclic N) is 1. The van der Waals surface area contributed by atoms with Crippen LogP contribution in [0.25, 0.3) is 0 Å². The number of aliphatic hydroxyl groups is 1. The number of likely N-dealkylation sites (tertiary alicyclic amines) is 1. The lowest BCUT2D eigenvalue weighted by Gasteiger charge is -2.28.